The van der Waals surface area contributed by atoms with Crippen LogP contribution in [0, 0.1) is 6.92 Å². The summed E-state index contributed by atoms with van der Waals surface area (Å²) in [6.07, 6.45) is 0. The molecule has 5 nitrogen and oxygen atoms in total. The van der Waals surface area contributed by atoms with E-state index in [1.165, 1.54) is 0 Å². The van der Waals surface area contributed by atoms with Gasteiger partial charge in [0, 0.05) is 28.2 Å². The van der Waals surface area contributed by atoms with Gasteiger partial charge in [0.15, 0.2) is 0 Å². The van der Waals surface area contributed by atoms with Gasteiger partial charge in [0.2, 0.25) is 5.95 Å². The van der Waals surface area contributed by atoms with Crippen LogP contribution in [-0.4, -0.2) is 17.1 Å². The molecule has 0 atom stereocenters. The smallest absolute Gasteiger partial charge is 0.229 e. The van der Waals surface area contributed by atoms with Crippen molar-refractivity contribution in [2.24, 2.45) is 0 Å². The predicted molar refractivity (Wildman–Crippen MR) is 103 cm³/mol. The molecule has 0 saturated heterocycles. The summed E-state index contributed by atoms with van der Waals surface area (Å²) in [7, 11) is 1.58. The Bertz CT molecular complexity index is 902. The molecule has 0 aliphatic heterocycles. The Morgan fingerprint density at radius 2 is 1.72 bits per heavy atom. The standard InChI is InChI=1S/C18H16Cl2N4O/c1-11-8-17(22-14-6-7-16(25-2)15(20)10-14)24-18(21-11)23-13-5-3-4-12(19)9-13/h3-10H,1-2H3,(H2,21,22,23,24). The molecule has 0 unspecified atom stereocenters. The second kappa shape index (κ2) is 7.59. The van der Waals surface area contributed by atoms with E-state index in [1.807, 2.05) is 43.3 Å². The number of nitrogens with one attached hydrogen (secondary N) is 2. The first-order valence-electron chi connectivity index (χ1n) is 7.52. The molecule has 128 valence electrons. The fourth-order valence-corrected chi connectivity index (χ4v) is 2.72. The fraction of sp³-hybridized carbons (Fsp3) is 0.111. The van der Waals surface area contributed by atoms with E-state index >= 15 is 0 Å². The first-order valence-corrected chi connectivity index (χ1v) is 8.28. The molecule has 3 aromatic rings. The summed E-state index contributed by atoms with van der Waals surface area (Å²) in [6.45, 7) is 1.90. The monoisotopic (exact) mass is 374 g/mol. The van der Waals surface area contributed by atoms with E-state index in [9.17, 15) is 0 Å². The molecule has 1 aromatic heterocycles. The molecule has 0 aliphatic rings. The average Bonchev–Trinajstić information content (AvgIpc) is 2.54. The Morgan fingerprint density at radius 3 is 2.44 bits per heavy atom. The lowest BCUT2D eigenvalue weighted by molar-refractivity contribution is 0.415. The minimum atomic E-state index is 0.476. The highest BCUT2D eigenvalue weighted by Crippen LogP contribution is 2.29. The third-order valence-electron chi connectivity index (χ3n) is 3.36. The van der Waals surface area contributed by atoms with Gasteiger partial charge in [0.25, 0.3) is 0 Å². The van der Waals surface area contributed by atoms with Crippen molar-refractivity contribution in [3.63, 3.8) is 0 Å². The number of hydrogen-bond acceptors (Lipinski definition) is 5. The van der Waals surface area contributed by atoms with Gasteiger partial charge in [-0.05, 0) is 43.3 Å². The van der Waals surface area contributed by atoms with Crippen LogP contribution in [0.25, 0.3) is 0 Å². The maximum atomic E-state index is 6.16. The number of hydrogen-bond donors (Lipinski definition) is 2. The Labute approximate surface area is 156 Å². The number of halogens is 2. The number of methoxy groups -OCH3 is 1. The van der Waals surface area contributed by atoms with Crippen LogP contribution in [0.3, 0.4) is 0 Å². The number of ether oxygens (including phenoxy) is 1. The number of anilines is 4. The maximum Gasteiger partial charge on any atom is 0.229 e. The zero-order valence-electron chi connectivity index (χ0n) is 13.7. The minimum Gasteiger partial charge on any atom is -0.495 e. The minimum absolute atomic E-state index is 0.476. The number of rotatable bonds is 5. The predicted octanol–water partition coefficient (Wildman–Crippen LogP) is 5.59. The van der Waals surface area contributed by atoms with Crippen molar-refractivity contribution in [2.45, 2.75) is 6.92 Å². The van der Waals surface area contributed by atoms with E-state index in [-0.39, 0.29) is 0 Å². The van der Waals surface area contributed by atoms with Crippen LogP contribution >= 0.6 is 23.2 Å². The van der Waals surface area contributed by atoms with Crippen molar-refractivity contribution >= 4 is 46.3 Å². The highest BCUT2D eigenvalue weighted by atomic mass is 35.5. The zero-order chi connectivity index (χ0) is 17.8. The molecule has 3 rings (SSSR count). The van der Waals surface area contributed by atoms with E-state index in [4.69, 9.17) is 27.9 Å². The first kappa shape index (κ1) is 17.3. The second-order valence-electron chi connectivity index (χ2n) is 5.33. The van der Waals surface area contributed by atoms with Crippen LogP contribution in [0.4, 0.5) is 23.1 Å². The van der Waals surface area contributed by atoms with Gasteiger partial charge in [0.05, 0.1) is 12.1 Å². The molecule has 0 fully saturated rings. The summed E-state index contributed by atoms with van der Waals surface area (Å²) in [4.78, 5) is 8.87. The molecule has 0 radical (unpaired) electrons. The van der Waals surface area contributed by atoms with Crippen LogP contribution in [0.5, 0.6) is 5.75 Å². The van der Waals surface area contributed by atoms with Gasteiger partial charge in [0.1, 0.15) is 11.6 Å². The Kier molecular flexibility index (Phi) is 5.26. The Balaban J connectivity index is 1.83. The number of aromatic nitrogens is 2. The lowest BCUT2D eigenvalue weighted by Crippen LogP contribution is -2.02. The molecule has 0 saturated carbocycles. The van der Waals surface area contributed by atoms with Gasteiger partial charge in [-0.15, -0.1) is 0 Å². The third kappa shape index (κ3) is 4.53. The zero-order valence-corrected chi connectivity index (χ0v) is 15.2. The Hall–Kier alpha value is -2.50. The molecule has 0 bridgehead atoms. The van der Waals surface area contributed by atoms with Gasteiger partial charge in [-0.2, -0.15) is 4.98 Å². The SMILES string of the molecule is COc1ccc(Nc2cc(C)nc(Nc3cccc(Cl)c3)n2)cc1Cl. The van der Waals surface area contributed by atoms with Gasteiger partial charge < -0.3 is 15.4 Å². The summed E-state index contributed by atoms with van der Waals surface area (Å²) in [5.74, 6) is 1.75. The van der Waals surface area contributed by atoms with Crippen LogP contribution in [0.1, 0.15) is 5.69 Å². The number of aryl methyl sites for hydroxylation is 1. The van der Waals surface area contributed by atoms with Crippen molar-refractivity contribution < 1.29 is 4.74 Å². The molecule has 2 N–H and O–H groups in total. The third-order valence-corrected chi connectivity index (χ3v) is 3.89. The highest BCUT2D eigenvalue weighted by molar-refractivity contribution is 6.32. The lowest BCUT2D eigenvalue weighted by Gasteiger charge is -2.11. The van der Waals surface area contributed by atoms with Crippen molar-refractivity contribution in [2.75, 3.05) is 17.7 Å². The van der Waals surface area contributed by atoms with Gasteiger partial charge >= 0.3 is 0 Å². The molecule has 7 heteroatoms. The molecular weight excluding hydrogens is 359 g/mol. The largest absolute Gasteiger partial charge is 0.495 e. The quantitative estimate of drug-likeness (QED) is 0.609. The fourth-order valence-electron chi connectivity index (χ4n) is 2.28. The summed E-state index contributed by atoms with van der Waals surface area (Å²) in [6, 6.07) is 14.7. The summed E-state index contributed by atoms with van der Waals surface area (Å²) in [5.41, 5.74) is 2.44. The van der Waals surface area contributed by atoms with Crippen molar-refractivity contribution in [1.29, 1.82) is 0 Å². The van der Waals surface area contributed by atoms with Gasteiger partial charge in [-0.25, -0.2) is 4.98 Å². The van der Waals surface area contributed by atoms with E-state index in [0.717, 1.165) is 17.1 Å². The summed E-state index contributed by atoms with van der Waals surface area (Å²) in [5, 5.41) is 7.53. The normalized spacial score (nSPS) is 10.4. The number of nitrogens with zero attached hydrogens (tertiary/aromatic N) is 2. The van der Waals surface area contributed by atoms with Crippen LogP contribution in [-0.2, 0) is 0 Å². The van der Waals surface area contributed by atoms with Gasteiger partial charge in [-0.1, -0.05) is 29.3 Å². The molecule has 25 heavy (non-hydrogen) atoms. The van der Waals surface area contributed by atoms with Crippen LogP contribution in [0.15, 0.2) is 48.5 Å². The number of benzene rings is 2. The first-order chi connectivity index (χ1) is 12.0. The summed E-state index contributed by atoms with van der Waals surface area (Å²) < 4.78 is 5.16. The van der Waals surface area contributed by atoms with Crippen LogP contribution in [0.2, 0.25) is 10.0 Å². The van der Waals surface area contributed by atoms with Crippen molar-refractivity contribution in [3.8, 4) is 5.75 Å². The van der Waals surface area contributed by atoms with Gasteiger partial charge in [-0.3, -0.25) is 0 Å². The molecule has 1 heterocycles. The molecule has 0 spiro atoms. The highest BCUT2D eigenvalue weighted by Gasteiger charge is 2.06. The van der Waals surface area contributed by atoms with E-state index in [1.54, 1.807) is 19.2 Å². The summed E-state index contributed by atoms with van der Waals surface area (Å²) >= 11 is 12.2. The maximum absolute atomic E-state index is 6.16. The van der Waals surface area contributed by atoms with E-state index in [0.29, 0.717) is 27.6 Å². The molecular formula is C18H16Cl2N4O. The molecule has 0 amide bonds. The molecule has 2 aromatic carbocycles. The lowest BCUT2D eigenvalue weighted by atomic mass is 10.3. The van der Waals surface area contributed by atoms with Crippen molar-refractivity contribution in [1.82, 2.24) is 9.97 Å². The van der Waals surface area contributed by atoms with Crippen molar-refractivity contribution in [3.05, 3.63) is 64.3 Å². The van der Waals surface area contributed by atoms with E-state index < -0.39 is 0 Å². The second-order valence-corrected chi connectivity index (χ2v) is 6.17. The Morgan fingerprint density at radius 1 is 0.920 bits per heavy atom. The molecule has 0 aliphatic carbocycles. The average molecular weight is 375 g/mol. The van der Waals surface area contributed by atoms with Crippen LogP contribution < -0.4 is 15.4 Å². The van der Waals surface area contributed by atoms with E-state index in [2.05, 4.69) is 20.6 Å². The topological polar surface area (TPSA) is 59.1 Å².